The van der Waals surface area contributed by atoms with Crippen molar-refractivity contribution in [3.05, 3.63) is 96.2 Å². The summed E-state index contributed by atoms with van der Waals surface area (Å²) in [5.41, 5.74) is 5.64. The van der Waals surface area contributed by atoms with Gasteiger partial charge >= 0.3 is 0 Å². The number of aromatic nitrogens is 3. The largest absolute Gasteiger partial charge is 0.497 e. The Bertz CT molecular complexity index is 1730. The average Bonchev–Trinajstić information content (AvgIpc) is 3.68. The van der Waals surface area contributed by atoms with Gasteiger partial charge in [-0.1, -0.05) is 48.5 Å². The Kier molecular flexibility index (Phi) is 6.48. The van der Waals surface area contributed by atoms with E-state index in [1.54, 1.807) is 11.6 Å². The first-order valence-corrected chi connectivity index (χ1v) is 13.7. The highest BCUT2D eigenvalue weighted by Crippen LogP contribution is 2.33. The first kappa shape index (κ1) is 25.1. The van der Waals surface area contributed by atoms with E-state index in [0.717, 1.165) is 59.4 Å². The molecular weight excluding hydrogens is 518 g/mol. The Labute approximate surface area is 237 Å². The highest BCUT2D eigenvalue weighted by atomic mass is 16.7. The van der Waals surface area contributed by atoms with Gasteiger partial charge in [-0.15, -0.1) is 0 Å². The molecule has 0 atom stereocenters. The molecule has 4 heterocycles. The number of fused-ring (bicyclic) bond motifs is 2. The van der Waals surface area contributed by atoms with Gasteiger partial charge in [0.2, 0.25) is 6.79 Å². The molecule has 0 spiro atoms. The van der Waals surface area contributed by atoms with E-state index < -0.39 is 0 Å². The Morgan fingerprint density at radius 2 is 1.66 bits per heavy atom. The standard InChI is InChI=1S/C32H29N5O4/c1-39-25-9-5-8-24(17-25)28-18-27(33-31-19-26(34-37(28)31)23-6-3-2-4-7-23)32(38)36-14-12-35(13-15-36)20-22-10-11-29-30(16-22)41-21-40-29/h2-11,16-19H,12-15,20-21H2,1H3. The molecule has 0 bridgehead atoms. The van der Waals surface area contributed by atoms with Crippen molar-refractivity contribution in [3.63, 3.8) is 0 Å². The maximum absolute atomic E-state index is 13.8. The molecule has 1 saturated heterocycles. The zero-order valence-corrected chi connectivity index (χ0v) is 22.7. The molecule has 206 valence electrons. The van der Waals surface area contributed by atoms with E-state index in [0.29, 0.717) is 24.4 Å². The molecule has 9 nitrogen and oxygen atoms in total. The molecule has 5 aromatic rings. The van der Waals surface area contributed by atoms with Crippen molar-refractivity contribution in [2.45, 2.75) is 6.54 Å². The number of amides is 1. The van der Waals surface area contributed by atoms with Crippen molar-refractivity contribution < 1.29 is 19.0 Å². The van der Waals surface area contributed by atoms with Gasteiger partial charge in [0.1, 0.15) is 11.4 Å². The van der Waals surface area contributed by atoms with Crippen LogP contribution in [0.4, 0.5) is 0 Å². The van der Waals surface area contributed by atoms with Crippen LogP contribution in [0.15, 0.2) is 84.9 Å². The summed E-state index contributed by atoms with van der Waals surface area (Å²) in [6.07, 6.45) is 0. The Hall–Kier alpha value is -4.89. The van der Waals surface area contributed by atoms with Gasteiger partial charge in [-0.3, -0.25) is 9.69 Å². The maximum atomic E-state index is 13.8. The predicted molar refractivity (Wildman–Crippen MR) is 154 cm³/mol. The predicted octanol–water partition coefficient (Wildman–Crippen LogP) is 4.76. The topological polar surface area (TPSA) is 81.4 Å². The second-order valence-corrected chi connectivity index (χ2v) is 10.2. The number of ether oxygens (including phenoxy) is 3. The molecule has 2 aliphatic heterocycles. The van der Waals surface area contributed by atoms with E-state index in [9.17, 15) is 4.79 Å². The molecule has 2 aliphatic rings. The molecule has 2 aromatic heterocycles. The Morgan fingerprint density at radius 1 is 0.854 bits per heavy atom. The summed E-state index contributed by atoms with van der Waals surface area (Å²) in [5.74, 6) is 2.23. The maximum Gasteiger partial charge on any atom is 0.272 e. The number of methoxy groups -OCH3 is 1. The second kappa shape index (κ2) is 10.6. The van der Waals surface area contributed by atoms with Crippen molar-refractivity contribution in [2.75, 3.05) is 40.1 Å². The number of benzene rings is 3. The van der Waals surface area contributed by atoms with Crippen LogP contribution in [0, 0.1) is 0 Å². The van der Waals surface area contributed by atoms with Crippen LogP contribution in [0.5, 0.6) is 17.2 Å². The van der Waals surface area contributed by atoms with Crippen molar-refractivity contribution in [1.29, 1.82) is 0 Å². The molecule has 0 saturated carbocycles. The minimum atomic E-state index is -0.0816. The molecule has 0 unspecified atom stereocenters. The zero-order chi connectivity index (χ0) is 27.8. The van der Waals surface area contributed by atoms with E-state index in [4.69, 9.17) is 24.3 Å². The van der Waals surface area contributed by atoms with Crippen LogP contribution in [0.25, 0.3) is 28.2 Å². The highest BCUT2D eigenvalue weighted by Gasteiger charge is 2.25. The number of nitrogens with zero attached hydrogens (tertiary/aromatic N) is 5. The fourth-order valence-electron chi connectivity index (χ4n) is 5.39. The van der Waals surface area contributed by atoms with Crippen molar-refractivity contribution in [2.24, 2.45) is 0 Å². The number of hydrogen-bond donors (Lipinski definition) is 0. The van der Waals surface area contributed by atoms with E-state index in [-0.39, 0.29) is 12.7 Å². The summed E-state index contributed by atoms with van der Waals surface area (Å²) in [5, 5.41) is 4.86. The molecule has 0 aliphatic carbocycles. The summed E-state index contributed by atoms with van der Waals surface area (Å²) < 4.78 is 18.2. The quantitative estimate of drug-likeness (QED) is 0.303. The van der Waals surface area contributed by atoms with Crippen LogP contribution in [0.3, 0.4) is 0 Å². The number of rotatable bonds is 6. The molecule has 3 aromatic carbocycles. The third kappa shape index (κ3) is 4.96. The summed E-state index contributed by atoms with van der Waals surface area (Å²) in [4.78, 5) is 22.8. The lowest BCUT2D eigenvalue weighted by molar-refractivity contribution is 0.0623. The Morgan fingerprint density at radius 3 is 2.49 bits per heavy atom. The minimum absolute atomic E-state index is 0.0816. The van der Waals surface area contributed by atoms with Gasteiger partial charge in [-0.25, -0.2) is 9.50 Å². The van der Waals surface area contributed by atoms with Crippen LogP contribution in [-0.2, 0) is 6.54 Å². The average molecular weight is 548 g/mol. The molecule has 41 heavy (non-hydrogen) atoms. The van der Waals surface area contributed by atoms with E-state index >= 15 is 0 Å². The van der Waals surface area contributed by atoms with E-state index in [1.807, 2.05) is 83.8 Å². The zero-order valence-electron chi connectivity index (χ0n) is 22.7. The first-order valence-electron chi connectivity index (χ1n) is 13.7. The number of piperazine rings is 1. The van der Waals surface area contributed by atoms with Crippen LogP contribution in [-0.4, -0.2) is 70.4 Å². The molecule has 0 radical (unpaired) electrons. The van der Waals surface area contributed by atoms with Gasteiger partial charge in [0.15, 0.2) is 17.1 Å². The summed E-state index contributed by atoms with van der Waals surface area (Å²) in [6.45, 7) is 3.86. The van der Waals surface area contributed by atoms with Gasteiger partial charge in [0, 0.05) is 49.9 Å². The van der Waals surface area contributed by atoms with Crippen LogP contribution in [0.2, 0.25) is 0 Å². The number of hydrogen-bond acceptors (Lipinski definition) is 7. The number of carbonyl (C=O) groups excluding carboxylic acids is 1. The van der Waals surface area contributed by atoms with E-state index in [1.165, 1.54) is 5.56 Å². The van der Waals surface area contributed by atoms with Crippen LogP contribution >= 0.6 is 0 Å². The van der Waals surface area contributed by atoms with Gasteiger partial charge in [0.25, 0.3) is 5.91 Å². The molecule has 1 fully saturated rings. The fraction of sp³-hybridized carbons (Fsp3) is 0.219. The van der Waals surface area contributed by atoms with Crippen molar-refractivity contribution >= 4 is 11.6 Å². The minimum Gasteiger partial charge on any atom is -0.497 e. The lowest BCUT2D eigenvalue weighted by atomic mass is 10.1. The monoisotopic (exact) mass is 547 g/mol. The lowest BCUT2D eigenvalue weighted by Gasteiger charge is -2.34. The Balaban J connectivity index is 1.15. The summed E-state index contributed by atoms with van der Waals surface area (Å²) in [7, 11) is 1.64. The first-order chi connectivity index (χ1) is 20.1. The third-order valence-corrected chi connectivity index (χ3v) is 7.58. The van der Waals surface area contributed by atoms with E-state index in [2.05, 4.69) is 11.0 Å². The normalized spacial score (nSPS) is 14.9. The van der Waals surface area contributed by atoms with Crippen molar-refractivity contribution in [1.82, 2.24) is 24.4 Å². The molecule has 7 rings (SSSR count). The van der Waals surface area contributed by atoms with Gasteiger partial charge in [0.05, 0.1) is 18.5 Å². The van der Waals surface area contributed by atoms with Gasteiger partial charge in [-0.2, -0.15) is 5.10 Å². The third-order valence-electron chi connectivity index (χ3n) is 7.58. The summed E-state index contributed by atoms with van der Waals surface area (Å²) >= 11 is 0. The lowest BCUT2D eigenvalue weighted by Crippen LogP contribution is -2.48. The van der Waals surface area contributed by atoms with Crippen LogP contribution in [0.1, 0.15) is 16.1 Å². The van der Waals surface area contributed by atoms with Gasteiger partial charge < -0.3 is 19.1 Å². The molecule has 1 amide bonds. The molecule has 9 heteroatoms. The highest BCUT2D eigenvalue weighted by molar-refractivity contribution is 5.94. The molecule has 0 N–H and O–H groups in total. The second-order valence-electron chi connectivity index (χ2n) is 10.2. The van der Waals surface area contributed by atoms with Gasteiger partial charge in [-0.05, 0) is 35.9 Å². The van der Waals surface area contributed by atoms with Crippen LogP contribution < -0.4 is 14.2 Å². The smallest absolute Gasteiger partial charge is 0.272 e. The fourth-order valence-corrected chi connectivity index (χ4v) is 5.39. The summed E-state index contributed by atoms with van der Waals surface area (Å²) in [6, 6.07) is 27.6. The number of carbonyl (C=O) groups is 1. The SMILES string of the molecule is COc1cccc(-c2cc(C(=O)N3CCN(Cc4ccc5c(c4)OCO5)CC3)nc3cc(-c4ccccc4)nn23)c1. The molecular formula is C32H29N5O4. The van der Waals surface area contributed by atoms with Crippen molar-refractivity contribution in [3.8, 4) is 39.8 Å².